The van der Waals surface area contributed by atoms with Crippen LogP contribution in [-0.4, -0.2) is 25.2 Å². The summed E-state index contributed by atoms with van der Waals surface area (Å²) < 4.78 is 3.96. The summed E-state index contributed by atoms with van der Waals surface area (Å²) >= 11 is 0. The summed E-state index contributed by atoms with van der Waals surface area (Å²) in [6, 6.07) is 5.91. The number of hydrogen-bond acceptors (Lipinski definition) is 3. The highest BCUT2D eigenvalue weighted by atomic mass is 16.1. The van der Waals surface area contributed by atoms with E-state index in [0.29, 0.717) is 12.8 Å². The average Bonchev–Trinajstić information content (AvgIpc) is 3.09. The highest BCUT2D eigenvalue weighted by molar-refractivity contribution is 5.93. The molecule has 0 saturated heterocycles. The fraction of sp³-hybridized carbons (Fsp3) is 0.389. The van der Waals surface area contributed by atoms with Gasteiger partial charge in [-0.25, -0.2) is 4.98 Å². The van der Waals surface area contributed by atoms with Crippen molar-refractivity contribution in [2.75, 3.05) is 5.32 Å². The Labute approximate surface area is 141 Å². The second-order valence-electron chi connectivity index (χ2n) is 6.08. The van der Waals surface area contributed by atoms with Crippen LogP contribution in [-0.2, 0) is 24.8 Å². The third-order valence-corrected chi connectivity index (χ3v) is 4.07. The first-order chi connectivity index (χ1) is 11.6. The second-order valence-corrected chi connectivity index (χ2v) is 6.08. The van der Waals surface area contributed by atoms with Crippen molar-refractivity contribution in [1.29, 1.82) is 0 Å². The summed E-state index contributed by atoms with van der Waals surface area (Å²) in [6.45, 7) is 5.13. The van der Waals surface area contributed by atoms with Gasteiger partial charge in [0.25, 0.3) is 0 Å². The number of rotatable bonds is 6. The standard InChI is InChI=1S/C18H23N5O/c1-4-9-23-13(2)20-16-10-15(6-7-17(16)23)21-18(24)8-5-14-11-19-22(3)12-14/h6-7,10-12H,4-5,8-9H2,1-3H3,(H,21,24). The number of hydrogen-bond donors (Lipinski definition) is 1. The zero-order valence-corrected chi connectivity index (χ0v) is 14.4. The van der Waals surface area contributed by atoms with Crippen LogP contribution in [0.25, 0.3) is 11.0 Å². The minimum atomic E-state index is 0.00270. The number of fused-ring (bicyclic) bond motifs is 1. The summed E-state index contributed by atoms with van der Waals surface area (Å²) in [5, 5.41) is 7.07. The van der Waals surface area contributed by atoms with Crippen LogP contribution in [0.4, 0.5) is 5.69 Å². The second kappa shape index (κ2) is 6.86. The summed E-state index contributed by atoms with van der Waals surface area (Å²) in [6.07, 6.45) is 5.92. The first-order valence-electron chi connectivity index (χ1n) is 8.31. The first kappa shape index (κ1) is 16.2. The SMILES string of the molecule is CCCn1c(C)nc2cc(NC(=O)CCc3cnn(C)c3)ccc21. The molecule has 1 amide bonds. The molecule has 126 valence electrons. The van der Waals surface area contributed by atoms with E-state index in [0.717, 1.165) is 41.1 Å². The number of amides is 1. The summed E-state index contributed by atoms with van der Waals surface area (Å²) in [5.74, 6) is 1.01. The molecule has 0 aliphatic rings. The first-order valence-corrected chi connectivity index (χ1v) is 8.31. The largest absolute Gasteiger partial charge is 0.328 e. The zero-order valence-electron chi connectivity index (χ0n) is 14.4. The van der Waals surface area contributed by atoms with Crippen LogP contribution in [0.3, 0.4) is 0 Å². The van der Waals surface area contributed by atoms with Crippen molar-refractivity contribution in [3.05, 3.63) is 42.0 Å². The molecule has 24 heavy (non-hydrogen) atoms. The predicted octanol–water partition coefficient (Wildman–Crippen LogP) is 3.06. The van der Waals surface area contributed by atoms with E-state index in [2.05, 4.69) is 26.9 Å². The number of aromatic nitrogens is 4. The Kier molecular flexibility index (Phi) is 4.64. The van der Waals surface area contributed by atoms with Crippen molar-refractivity contribution in [3.8, 4) is 0 Å². The van der Waals surface area contributed by atoms with Gasteiger partial charge in [0, 0.05) is 31.9 Å². The third kappa shape index (κ3) is 3.48. The molecule has 6 heteroatoms. The van der Waals surface area contributed by atoms with E-state index in [1.165, 1.54) is 0 Å². The maximum atomic E-state index is 12.1. The van der Waals surface area contributed by atoms with Crippen LogP contribution in [0.2, 0.25) is 0 Å². The van der Waals surface area contributed by atoms with Gasteiger partial charge in [-0.1, -0.05) is 6.92 Å². The van der Waals surface area contributed by atoms with Gasteiger partial charge in [-0.15, -0.1) is 0 Å². The Morgan fingerprint density at radius 1 is 1.33 bits per heavy atom. The minimum Gasteiger partial charge on any atom is -0.328 e. The van der Waals surface area contributed by atoms with E-state index < -0.39 is 0 Å². The molecule has 0 radical (unpaired) electrons. The lowest BCUT2D eigenvalue weighted by atomic mass is 10.2. The van der Waals surface area contributed by atoms with E-state index in [1.807, 2.05) is 38.4 Å². The highest BCUT2D eigenvalue weighted by Crippen LogP contribution is 2.21. The molecule has 0 saturated carbocycles. The number of benzene rings is 1. The molecule has 0 atom stereocenters. The fourth-order valence-electron chi connectivity index (χ4n) is 2.92. The molecule has 3 aromatic rings. The molecular formula is C18H23N5O. The number of imidazole rings is 1. The lowest BCUT2D eigenvalue weighted by molar-refractivity contribution is -0.116. The van der Waals surface area contributed by atoms with Crippen LogP contribution in [0.5, 0.6) is 0 Å². The third-order valence-electron chi connectivity index (χ3n) is 4.07. The van der Waals surface area contributed by atoms with Gasteiger partial charge in [0.05, 0.1) is 17.2 Å². The molecule has 1 aromatic carbocycles. The molecule has 2 heterocycles. The molecule has 2 aromatic heterocycles. The molecule has 0 aliphatic heterocycles. The number of carbonyl (C=O) groups excluding carboxylic acids is 1. The lowest BCUT2D eigenvalue weighted by Gasteiger charge is -2.06. The van der Waals surface area contributed by atoms with Gasteiger partial charge in [-0.05, 0) is 43.5 Å². The van der Waals surface area contributed by atoms with E-state index >= 15 is 0 Å². The van der Waals surface area contributed by atoms with E-state index in [-0.39, 0.29) is 5.91 Å². The van der Waals surface area contributed by atoms with Gasteiger partial charge < -0.3 is 9.88 Å². The molecule has 0 unspecified atom stereocenters. The molecule has 0 fully saturated rings. The van der Waals surface area contributed by atoms with Gasteiger partial charge >= 0.3 is 0 Å². The smallest absolute Gasteiger partial charge is 0.224 e. The number of carbonyl (C=O) groups is 1. The van der Waals surface area contributed by atoms with Crippen LogP contribution in [0, 0.1) is 6.92 Å². The Hall–Kier alpha value is -2.63. The van der Waals surface area contributed by atoms with Crippen molar-refractivity contribution in [2.24, 2.45) is 7.05 Å². The number of nitrogens with one attached hydrogen (secondary N) is 1. The average molecular weight is 325 g/mol. The maximum absolute atomic E-state index is 12.1. The fourth-order valence-corrected chi connectivity index (χ4v) is 2.92. The monoisotopic (exact) mass is 325 g/mol. The van der Waals surface area contributed by atoms with Gasteiger partial charge in [-0.2, -0.15) is 5.10 Å². The molecule has 0 spiro atoms. The van der Waals surface area contributed by atoms with E-state index in [4.69, 9.17) is 0 Å². The number of aryl methyl sites for hydroxylation is 4. The maximum Gasteiger partial charge on any atom is 0.224 e. The van der Waals surface area contributed by atoms with E-state index in [9.17, 15) is 4.79 Å². The zero-order chi connectivity index (χ0) is 17.1. The Morgan fingerprint density at radius 2 is 2.17 bits per heavy atom. The molecule has 0 bridgehead atoms. The van der Waals surface area contributed by atoms with Crippen LogP contribution in [0.1, 0.15) is 31.2 Å². The quantitative estimate of drug-likeness (QED) is 0.757. The van der Waals surface area contributed by atoms with Gasteiger partial charge in [0.1, 0.15) is 5.82 Å². The van der Waals surface area contributed by atoms with Crippen LogP contribution >= 0.6 is 0 Å². The molecule has 0 aliphatic carbocycles. The van der Waals surface area contributed by atoms with Gasteiger partial charge in [0.15, 0.2) is 0 Å². The van der Waals surface area contributed by atoms with Gasteiger partial charge in [0.2, 0.25) is 5.91 Å². The number of nitrogens with zero attached hydrogens (tertiary/aromatic N) is 4. The molecule has 3 rings (SSSR count). The molecule has 6 nitrogen and oxygen atoms in total. The topological polar surface area (TPSA) is 64.7 Å². The van der Waals surface area contributed by atoms with Crippen LogP contribution in [0.15, 0.2) is 30.6 Å². The van der Waals surface area contributed by atoms with Crippen molar-refractivity contribution >= 4 is 22.6 Å². The Morgan fingerprint density at radius 3 is 2.88 bits per heavy atom. The summed E-state index contributed by atoms with van der Waals surface area (Å²) in [7, 11) is 1.87. The summed E-state index contributed by atoms with van der Waals surface area (Å²) in [5.41, 5.74) is 3.89. The lowest BCUT2D eigenvalue weighted by Crippen LogP contribution is -2.12. The number of anilines is 1. The van der Waals surface area contributed by atoms with E-state index in [1.54, 1.807) is 10.9 Å². The molecule has 1 N–H and O–H groups in total. The van der Waals surface area contributed by atoms with Crippen molar-refractivity contribution in [1.82, 2.24) is 19.3 Å². The predicted molar refractivity (Wildman–Crippen MR) is 94.9 cm³/mol. The highest BCUT2D eigenvalue weighted by Gasteiger charge is 2.09. The Balaban J connectivity index is 1.67. The Bertz CT molecular complexity index is 862. The molecular weight excluding hydrogens is 302 g/mol. The van der Waals surface area contributed by atoms with Crippen molar-refractivity contribution < 1.29 is 4.79 Å². The summed E-state index contributed by atoms with van der Waals surface area (Å²) in [4.78, 5) is 16.7. The van der Waals surface area contributed by atoms with Crippen LogP contribution < -0.4 is 5.32 Å². The van der Waals surface area contributed by atoms with Crippen molar-refractivity contribution in [2.45, 2.75) is 39.7 Å². The van der Waals surface area contributed by atoms with Crippen molar-refractivity contribution in [3.63, 3.8) is 0 Å². The normalized spacial score (nSPS) is 11.1. The van der Waals surface area contributed by atoms with Gasteiger partial charge in [-0.3, -0.25) is 9.48 Å². The minimum absolute atomic E-state index is 0.00270.